The lowest BCUT2D eigenvalue weighted by atomic mass is 9.73. The molecule has 1 unspecified atom stereocenters. The zero-order chi connectivity index (χ0) is 44.9. The molecule has 1 saturated carbocycles. The summed E-state index contributed by atoms with van der Waals surface area (Å²) in [4.78, 5) is 73.6. The van der Waals surface area contributed by atoms with Crippen molar-refractivity contribution in [3.8, 4) is 0 Å². The number of carboxylic acid groups (broad SMARTS) is 3. The number of carboxylic acids is 3. The number of carbonyl (C=O) groups is 6. The van der Waals surface area contributed by atoms with Gasteiger partial charge in [0.2, 0.25) is 11.9 Å². The molecule has 1 aromatic rings. The molecule has 27 heteroatoms. The number of aliphatic carboxylic acids is 3. The number of nitrogens with two attached hydrogens (primary N) is 2. The summed E-state index contributed by atoms with van der Waals surface area (Å²) < 4.78 is 108. The van der Waals surface area contributed by atoms with Crippen molar-refractivity contribution in [2.24, 2.45) is 16.5 Å². The maximum atomic E-state index is 13.0. The predicted molar refractivity (Wildman–Crippen MR) is 180 cm³/mol. The Morgan fingerprint density at radius 2 is 1.34 bits per heavy atom. The second-order valence-electron chi connectivity index (χ2n) is 12.3. The molecule has 10 N–H and O–H groups in total. The normalized spacial score (nSPS) is 16.3. The highest BCUT2D eigenvalue weighted by molar-refractivity contribution is 6.39. The minimum atomic E-state index is -5.08. The third-order valence-electron chi connectivity index (χ3n) is 7.89. The van der Waals surface area contributed by atoms with Gasteiger partial charge in [0.25, 0.3) is 0 Å². The molecule has 0 bridgehead atoms. The van der Waals surface area contributed by atoms with Crippen LogP contribution >= 0.6 is 0 Å². The maximum Gasteiger partial charge on any atom is 0.490 e. The van der Waals surface area contributed by atoms with Crippen molar-refractivity contribution in [3.05, 3.63) is 24.3 Å². The van der Waals surface area contributed by atoms with E-state index in [2.05, 4.69) is 30.8 Å². The van der Waals surface area contributed by atoms with Gasteiger partial charge in [0.1, 0.15) is 0 Å². The van der Waals surface area contributed by atoms with Crippen LogP contribution in [0.1, 0.15) is 64.2 Å². The van der Waals surface area contributed by atoms with E-state index >= 15 is 0 Å². The number of aliphatic imine (C=N–C) groups is 1. The number of nitrogens with one attached hydrogen (secondary N) is 3. The molecule has 3 rings (SSSR count). The lowest BCUT2D eigenvalue weighted by molar-refractivity contribution is -0.193. The average Bonchev–Trinajstić information content (AvgIpc) is 3.10. The predicted octanol–water partition coefficient (Wildman–Crippen LogP) is 2.90. The van der Waals surface area contributed by atoms with Gasteiger partial charge in [0.15, 0.2) is 5.96 Å². The number of nitrogens with zero attached hydrogens (tertiary/aromatic N) is 3. The molecule has 2 heterocycles. The maximum absolute atomic E-state index is 13.0. The molecule has 1 spiro atoms. The van der Waals surface area contributed by atoms with Gasteiger partial charge in [-0.05, 0) is 50.7 Å². The number of piperidine rings is 1. The highest BCUT2D eigenvalue weighted by Gasteiger charge is 2.43. The van der Waals surface area contributed by atoms with Crippen molar-refractivity contribution in [3.63, 3.8) is 0 Å². The first-order valence-electron chi connectivity index (χ1n) is 16.8. The Hall–Kier alpha value is -5.50. The fourth-order valence-corrected chi connectivity index (χ4v) is 5.35. The Morgan fingerprint density at radius 1 is 0.828 bits per heavy atom. The number of aromatic nitrogens is 1. The largest absolute Gasteiger partial charge is 0.490 e. The molecule has 1 atom stereocenters. The van der Waals surface area contributed by atoms with Crippen molar-refractivity contribution in [2.45, 2.75) is 94.3 Å². The smallest absolute Gasteiger partial charge is 0.475 e. The van der Waals surface area contributed by atoms with Crippen LogP contribution in [0.15, 0.2) is 23.3 Å². The first kappa shape index (κ1) is 52.5. The van der Waals surface area contributed by atoms with E-state index in [-0.39, 0.29) is 29.1 Å². The highest BCUT2D eigenvalue weighted by atomic mass is 19.4. The molecular weight excluding hydrogens is 818 g/mol. The number of unbranched alkanes of at least 4 members (excludes halogenated alkanes) is 1. The van der Waals surface area contributed by atoms with E-state index in [1.54, 1.807) is 0 Å². The molecule has 58 heavy (non-hydrogen) atoms. The van der Waals surface area contributed by atoms with Crippen molar-refractivity contribution in [2.75, 3.05) is 31.5 Å². The quantitative estimate of drug-likeness (QED) is 0.0420. The summed E-state index contributed by atoms with van der Waals surface area (Å²) in [5.74, 6) is -10.4. The summed E-state index contributed by atoms with van der Waals surface area (Å²) >= 11 is 0. The van der Waals surface area contributed by atoms with Crippen molar-refractivity contribution < 1.29 is 88.0 Å². The van der Waals surface area contributed by atoms with Gasteiger partial charge in [-0.3, -0.25) is 24.3 Å². The lowest BCUT2D eigenvalue weighted by Gasteiger charge is -2.52. The molecule has 17 nitrogen and oxygen atoms in total. The number of guanidine groups is 1. The summed E-state index contributed by atoms with van der Waals surface area (Å²) in [5, 5.41) is 29.7. The number of hydrogen-bond donors (Lipinski definition) is 8. The molecule has 3 amide bonds. The first-order chi connectivity index (χ1) is 26.6. The number of likely N-dealkylation sites (tertiary alicyclic amines) is 1. The molecule has 1 aliphatic carbocycles. The molecule has 2 fully saturated rings. The van der Waals surface area contributed by atoms with Crippen molar-refractivity contribution in [1.82, 2.24) is 20.5 Å². The van der Waals surface area contributed by atoms with Crippen molar-refractivity contribution in [1.29, 1.82) is 0 Å². The van der Waals surface area contributed by atoms with E-state index in [0.717, 1.165) is 70.5 Å². The van der Waals surface area contributed by atoms with E-state index in [0.29, 0.717) is 19.5 Å². The van der Waals surface area contributed by atoms with Crippen LogP contribution < -0.4 is 27.4 Å². The van der Waals surface area contributed by atoms with Crippen LogP contribution in [0.4, 0.5) is 49.6 Å². The van der Waals surface area contributed by atoms with Gasteiger partial charge >= 0.3 is 48.3 Å². The summed E-state index contributed by atoms with van der Waals surface area (Å²) in [5.41, 5.74) is 10.8. The summed E-state index contributed by atoms with van der Waals surface area (Å²) in [6.07, 6.45) is -5.17. The molecule has 1 aliphatic heterocycles. The zero-order valence-corrected chi connectivity index (χ0v) is 30.3. The van der Waals surface area contributed by atoms with Crippen LogP contribution in [0.25, 0.3) is 0 Å². The second-order valence-corrected chi connectivity index (χ2v) is 12.3. The van der Waals surface area contributed by atoms with Crippen LogP contribution in [-0.2, 0) is 28.8 Å². The molecule has 0 radical (unpaired) electrons. The van der Waals surface area contributed by atoms with Crippen LogP contribution in [0, 0.1) is 5.95 Å². The summed E-state index contributed by atoms with van der Waals surface area (Å²) in [6.45, 7) is 2.62. The Balaban J connectivity index is 0.00000126. The van der Waals surface area contributed by atoms with Gasteiger partial charge in [0, 0.05) is 44.2 Å². The van der Waals surface area contributed by atoms with Crippen LogP contribution in [0.2, 0.25) is 0 Å². The second kappa shape index (κ2) is 24.3. The fourth-order valence-electron chi connectivity index (χ4n) is 5.35. The Bertz CT molecular complexity index is 1480. The van der Waals surface area contributed by atoms with E-state index in [9.17, 15) is 58.3 Å². The van der Waals surface area contributed by atoms with Crippen molar-refractivity contribution >= 4 is 47.3 Å². The standard InChI is InChI=1S/C25H39FN8O3.3C2HF3O2/c26-20-8-7-19(17-31-20)33-23(37)22(36)32-18-9-14-34(25(16-18)10-3-1-4-11-25)15-13-29-21(35)6-2-5-12-30-24(27)28;3*3-2(4,5)1(6)7/h7-8,17-18H,1-6,9-16H2,(H,29,35)(H,32,36)(H,33,37)(H4,27,28,30);3*(H,6,7). The minimum absolute atomic E-state index is 0.0203. The molecule has 0 aromatic carbocycles. The zero-order valence-electron chi connectivity index (χ0n) is 30.3. The van der Waals surface area contributed by atoms with Crippen LogP contribution in [-0.4, -0.2) is 123 Å². The van der Waals surface area contributed by atoms with E-state index in [1.165, 1.54) is 18.7 Å². The van der Waals surface area contributed by atoms with Crippen LogP contribution in [0.3, 0.4) is 0 Å². The first-order valence-corrected chi connectivity index (χ1v) is 16.8. The highest BCUT2D eigenvalue weighted by Crippen LogP contribution is 2.40. The number of anilines is 1. The van der Waals surface area contributed by atoms with Gasteiger partial charge in [-0.25, -0.2) is 19.4 Å². The van der Waals surface area contributed by atoms with Gasteiger partial charge in [-0.15, -0.1) is 0 Å². The van der Waals surface area contributed by atoms with Gasteiger partial charge in [-0.1, -0.05) is 19.3 Å². The van der Waals surface area contributed by atoms with E-state index in [1.807, 2.05) is 0 Å². The van der Waals surface area contributed by atoms with Gasteiger partial charge in [-0.2, -0.15) is 43.9 Å². The molecule has 1 aromatic heterocycles. The third kappa shape index (κ3) is 22.3. The molecule has 1 saturated heterocycles. The number of hydrogen-bond acceptors (Lipinski definition) is 9. The number of amides is 3. The van der Waals surface area contributed by atoms with Crippen LogP contribution in [0.5, 0.6) is 0 Å². The number of pyridine rings is 1. The molecule has 330 valence electrons. The Labute approximate surface area is 322 Å². The van der Waals surface area contributed by atoms with Gasteiger partial charge in [0.05, 0.1) is 11.9 Å². The number of rotatable bonds is 10. The topological polar surface area (TPSA) is 280 Å². The fraction of sp³-hybridized carbons (Fsp3) is 0.613. The Morgan fingerprint density at radius 3 is 1.79 bits per heavy atom. The van der Waals surface area contributed by atoms with E-state index < -0.39 is 54.2 Å². The molecular formula is C31H42F10N8O9. The SMILES string of the molecule is NC(N)=NCCCCC(=O)NCCN1CCC(NC(=O)C(=O)Nc2ccc(F)nc2)CC12CCCCC2.O=C(O)C(F)(F)F.O=C(O)C(F)(F)F.O=C(O)C(F)(F)F. The monoisotopic (exact) mass is 860 g/mol. The summed E-state index contributed by atoms with van der Waals surface area (Å²) in [7, 11) is 0. The van der Waals surface area contributed by atoms with E-state index in [4.69, 9.17) is 41.2 Å². The third-order valence-corrected chi connectivity index (χ3v) is 7.89. The summed E-state index contributed by atoms with van der Waals surface area (Å²) in [6, 6.07) is 2.36. The minimum Gasteiger partial charge on any atom is -0.475 e. The molecule has 2 aliphatic rings. The average molecular weight is 861 g/mol. The van der Waals surface area contributed by atoms with Gasteiger partial charge < -0.3 is 42.7 Å². The number of carbonyl (C=O) groups excluding carboxylic acids is 3. The lowest BCUT2D eigenvalue weighted by Crippen LogP contribution is -2.60. The number of alkyl halides is 9. The number of halogens is 10. The Kier molecular flexibility index (Phi) is 22.0.